The summed E-state index contributed by atoms with van der Waals surface area (Å²) in [6.45, 7) is 15.0. The van der Waals surface area contributed by atoms with Gasteiger partial charge in [-0.1, -0.05) is 20.8 Å². The highest BCUT2D eigenvalue weighted by Crippen LogP contribution is 2.37. The fraction of sp³-hybridized carbons (Fsp3) is 1.00. The molecule has 0 aromatic carbocycles. The van der Waals surface area contributed by atoms with Crippen LogP contribution in [0.1, 0.15) is 41.0 Å². The van der Waals surface area contributed by atoms with E-state index in [4.69, 9.17) is 4.43 Å². The average molecular weight is 218 g/mol. The molecular weight excluding hydrogens is 192 g/mol. The third kappa shape index (κ3) is 4.58. The first-order valence-corrected chi connectivity index (χ1v) is 8.33. The monoisotopic (exact) mass is 218 g/mol. The summed E-state index contributed by atoms with van der Waals surface area (Å²) >= 11 is 0. The Balaban J connectivity index is 4.22. The molecule has 0 unspecified atom stereocenters. The fourth-order valence-electron chi connectivity index (χ4n) is 1.21. The van der Waals surface area contributed by atoms with Gasteiger partial charge in [0.2, 0.25) is 0 Å². The van der Waals surface area contributed by atoms with Crippen molar-refractivity contribution in [3.8, 4) is 0 Å². The number of rotatable bonds is 4. The van der Waals surface area contributed by atoms with Crippen LogP contribution in [0.2, 0.25) is 18.1 Å². The molecule has 86 valence electrons. The SMILES string of the molecule is C[C@H](C[C@@H](C)O)O[Si](C)(C)C(C)(C)C. The largest absolute Gasteiger partial charge is 0.414 e. The molecule has 0 aliphatic heterocycles. The summed E-state index contributed by atoms with van der Waals surface area (Å²) in [4.78, 5) is 0. The van der Waals surface area contributed by atoms with E-state index in [0.29, 0.717) is 0 Å². The summed E-state index contributed by atoms with van der Waals surface area (Å²) in [6, 6.07) is 0. The maximum atomic E-state index is 9.26. The first-order valence-electron chi connectivity index (χ1n) is 5.42. The minimum atomic E-state index is -1.65. The van der Waals surface area contributed by atoms with Crippen molar-refractivity contribution in [3.05, 3.63) is 0 Å². The molecule has 0 fully saturated rings. The molecule has 0 rings (SSSR count). The first kappa shape index (κ1) is 14.1. The average Bonchev–Trinajstić information content (AvgIpc) is 1.79. The van der Waals surface area contributed by atoms with E-state index >= 15 is 0 Å². The zero-order chi connectivity index (χ0) is 11.6. The predicted molar refractivity (Wildman–Crippen MR) is 64.0 cm³/mol. The molecule has 0 aromatic heterocycles. The maximum Gasteiger partial charge on any atom is 0.192 e. The van der Waals surface area contributed by atoms with Crippen LogP contribution in [0.3, 0.4) is 0 Å². The molecule has 2 atom stereocenters. The molecule has 0 saturated heterocycles. The highest BCUT2D eigenvalue weighted by Gasteiger charge is 2.38. The van der Waals surface area contributed by atoms with Gasteiger partial charge in [-0.3, -0.25) is 0 Å². The fourth-order valence-corrected chi connectivity index (χ4v) is 2.66. The Hall–Kier alpha value is 0.137. The van der Waals surface area contributed by atoms with Gasteiger partial charge in [-0.15, -0.1) is 0 Å². The Morgan fingerprint density at radius 3 is 1.93 bits per heavy atom. The van der Waals surface area contributed by atoms with Crippen molar-refractivity contribution in [2.75, 3.05) is 0 Å². The van der Waals surface area contributed by atoms with E-state index in [1.807, 2.05) is 13.8 Å². The van der Waals surface area contributed by atoms with Gasteiger partial charge in [0.05, 0.1) is 6.10 Å². The highest BCUT2D eigenvalue weighted by molar-refractivity contribution is 6.74. The van der Waals surface area contributed by atoms with Gasteiger partial charge in [0.15, 0.2) is 8.32 Å². The summed E-state index contributed by atoms with van der Waals surface area (Å²) in [6.07, 6.45) is 0.623. The summed E-state index contributed by atoms with van der Waals surface area (Å²) < 4.78 is 6.09. The van der Waals surface area contributed by atoms with E-state index in [1.54, 1.807) is 0 Å². The molecular formula is C11H26O2Si. The molecule has 0 aliphatic rings. The van der Waals surface area contributed by atoms with E-state index < -0.39 is 8.32 Å². The summed E-state index contributed by atoms with van der Waals surface area (Å²) in [7, 11) is -1.65. The first-order chi connectivity index (χ1) is 6.06. The van der Waals surface area contributed by atoms with Crippen LogP contribution in [0.25, 0.3) is 0 Å². The Labute approximate surface area is 89.8 Å². The Kier molecular flexibility index (Phi) is 4.82. The molecule has 0 amide bonds. The van der Waals surface area contributed by atoms with E-state index in [9.17, 15) is 5.11 Å². The van der Waals surface area contributed by atoms with Gasteiger partial charge >= 0.3 is 0 Å². The van der Waals surface area contributed by atoms with Crippen LogP contribution < -0.4 is 0 Å². The zero-order valence-corrected chi connectivity index (χ0v) is 11.7. The topological polar surface area (TPSA) is 29.5 Å². The molecule has 3 heteroatoms. The molecule has 14 heavy (non-hydrogen) atoms. The second-order valence-electron chi connectivity index (χ2n) is 5.77. The lowest BCUT2D eigenvalue weighted by molar-refractivity contribution is 0.107. The van der Waals surface area contributed by atoms with Crippen molar-refractivity contribution in [2.45, 2.75) is 71.4 Å². The normalized spacial score (nSPS) is 18.0. The zero-order valence-electron chi connectivity index (χ0n) is 10.7. The van der Waals surface area contributed by atoms with Gasteiger partial charge in [0, 0.05) is 6.10 Å². The molecule has 0 aliphatic carbocycles. The van der Waals surface area contributed by atoms with Crippen LogP contribution in [0.4, 0.5) is 0 Å². The maximum absolute atomic E-state index is 9.26. The Morgan fingerprint density at radius 1 is 1.21 bits per heavy atom. The molecule has 0 aromatic rings. The van der Waals surface area contributed by atoms with Crippen molar-refractivity contribution in [1.29, 1.82) is 0 Å². The van der Waals surface area contributed by atoms with E-state index in [-0.39, 0.29) is 17.2 Å². The van der Waals surface area contributed by atoms with Gasteiger partial charge in [0.1, 0.15) is 0 Å². The number of aliphatic hydroxyl groups excluding tert-OH is 1. The number of aliphatic hydroxyl groups is 1. The predicted octanol–water partition coefficient (Wildman–Crippen LogP) is 3.17. The Bertz CT molecular complexity index is 171. The van der Waals surface area contributed by atoms with Crippen molar-refractivity contribution in [3.63, 3.8) is 0 Å². The van der Waals surface area contributed by atoms with Crippen LogP contribution >= 0.6 is 0 Å². The molecule has 0 saturated carbocycles. The van der Waals surface area contributed by atoms with Crippen LogP contribution in [0, 0.1) is 0 Å². The summed E-state index contributed by atoms with van der Waals surface area (Å²) in [5, 5.41) is 9.51. The van der Waals surface area contributed by atoms with Crippen molar-refractivity contribution in [2.24, 2.45) is 0 Å². The third-order valence-corrected chi connectivity index (χ3v) is 7.58. The molecule has 2 nitrogen and oxygen atoms in total. The van der Waals surface area contributed by atoms with Gasteiger partial charge in [0.25, 0.3) is 0 Å². The van der Waals surface area contributed by atoms with Gasteiger partial charge < -0.3 is 9.53 Å². The summed E-state index contributed by atoms with van der Waals surface area (Å²) in [5.41, 5.74) is 0. The van der Waals surface area contributed by atoms with Gasteiger partial charge in [-0.05, 0) is 38.4 Å². The second kappa shape index (κ2) is 4.77. The molecule has 0 spiro atoms. The van der Waals surface area contributed by atoms with Gasteiger partial charge in [-0.2, -0.15) is 0 Å². The molecule has 0 bridgehead atoms. The van der Waals surface area contributed by atoms with Crippen LogP contribution in [0.5, 0.6) is 0 Å². The number of hydrogen-bond acceptors (Lipinski definition) is 2. The highest BCUT2D eigenvalue weighted by atomic mass is 28.4. The minimum absolute atomic E-state index is 0.163. The third-order valence-electron chi connectivity index (χ3n) is 2.98. The van der Waals surface area contributed by atoms with Crippen molar-refractivity contribution >= 4 is 8.32 Å². The molecule has 0 heterocycles. The lowest BCUT2D eigenvalue weighted by Gasteiger charge is -2.38. The van der Waals surface area contributed by atoms with Crippen LogP contribution in [0.15, 0.2) is 0 Å². The van der Waals surface area contributed by atoms with E-state index in [0.717, 1.165) is 6.42 Å². The van der Waals surface area contributed by atoms with E-state index in [2.05, 4.69) is 33.9 Å². The minimum Gasteiger partial charge on any atom is -0.414 e. The lowest BCUT2D eigenvalue weighted by Crippen LogP contribution is -2.43. The molecule has 0 radical (unpaired) electrons. The van der Waals surface area contributed by atoms with Crippen molar-refractivity contribution < 1.29 is 9.53 Å². The number of hydrogen-bond donors (Lipinski definition) is 1. The van der Waals surface area contributed by atoms with E-state index in [1.165, 1.54) is 0 Å². The second-order valence-corrected chi connectivity index (χ2v) is 10.5. The lowest BCUT2D eigenvalue weighted by atomic mass is 10.2. The van der Waals surface area contributed by atoms with Gasteiger partial charge in [-0.25, -0.2) is 0 Å². The summed E-state index contributed by atoms with van der Waals surface area (Å²) in [5.74, 6) is 0. The quantitative estimate of drug-likeness (QED) is 0.734. The van der Waals surface area contributed by atoms with Crippen LogP contribution in [-0.4, -0.2) is 25.6 Å². The van der Waals surface area contributed by atoms with Crippen molar-refractivity contribution in [1.82, 2.24) is 0 Å². The standard InChI is InChI=1S/C11H26O2Si/c1-9(12)8-10(2)13-14(6,7)11(3,4)5/h9-10,12H,8H2,1-7H3/t9-,10-/m1/s1. The Morgan fingerprint density at radius 2 is 1.64 bits per heavy atom. The smallest absolute Gasteiger partial charge is 0.192 e. The molecule has 1 N–H and O–H groups in total. The van der Waals surface area contributed by atoms with Crippen LogP contribution in [-0.2, 0) is 4.43 Å².